The van der Waals surface area contributed by atoms with Crippen molar-refractivity contribution < 1.29 is 18.0 Å². The summed E-state index contributed by atoms with van der Waals surface area (Å²) in [6.07, 6.45) is 3.60. The van der Waals surface area contributed by atoms with Gasteiger partial charge in [-0.2, -0.15) is 5.10 Å². The van der Waals surface area contributed by atoms with Gasteiger partial charge >= 0.3 is 0 Å². The molecule has 0 N–H and O–H groups in total. The number of carbonyl (C=O) groups is 1. The number of piperazine rings is 1. The van der Waals surface area contributed by atoms with E-state index in [0.29, 0.717) is 32.7 Å². The van der Waals surface area contributed by atoms with Crippen LogP contribution in [0.1, 0.15) is 56.2 Å². The van der Waals surface area contributed by atoms with E-state index in [9.17, 15) is 18.0 Å². The van der Waals surface area contributed by atoms with E-state index in [0.717, 1.165) is 23.9 Å². The normalized spacial score (nSPS) is 17.8. The summed E-state index contributed by atoms with van der Waals surface area (Å²) in [6, 6.07) is 9.96. The topological polar surface area (TPSA) is 75.3 Å². The molecule has 0 bridgehead atoms. The van der Waals surface area contributed by atoms with Crippen molar-refractivity contribution in [2.45, 2.75) is 71.9 Å². The van der Waals surface area contributed by atoms with Gasteiger partial charge in [-0.3, -0.25) is 19.1 Å². The van der Waals surface area contributed by atoms with E-state index in [2.05, 4.69) is 39.1 Å². The molecule has 0 unspecified atom stereocenters. The van der Waals surface area contributed by atoms with Gasteiger partial charge in [0.1, 0.15) is 23.1 Å². The van der Waals surface area contributed by atoms with E-state index in [-0.39, 0.29) is 40.6 Å². The summed E-state index contributed by atoms with van der Waals surface area (Å²) in [5, 5.41) is 13.3. The molecule has 1 aliphatic rings. The van der Waals surface area contributed by atoms with E-state index in [4.69, 9.17) is 0 Å². The lowest BCUT2D eigenvalue weighted by atomic mass is 10.0. The zero-order chi connectivity index (χ0) is 32.5. The Balaban J connectivity index is 1.23. The van der Waals surface area contributed by atoms with Crippen LogP contribution in [0.2, 0.25) is 0 Å². The lowest BCUT2D eigenvalue weighted by molar-refractivity contribution is 0.0264. The summed E-state index contributed by atoms with van der Waals surface area (Å²) in [7, 11) is 1.99. The molecule has 1 saturated heterocycles. The van der Waals surface area contributed by atoms with Gasteiger partial charge in [-0.15, -0.1) is 5.10 Å². The third kappa shape index (κ3) is 7.62. The Hall–Kier alpha value is -4.03. The Bertz CT molecular complexity index is 1630. The van der Waals surface area contributed by atoms with Crippen molar-refractivity contribution in [3.63, 3.8) is 0 Å². The number of hydrogen-bond donors (Lipinski definition) is 0. The van der Waals surface area contributed by atoms with E-state index in [1.165, 1.54) is 18.2 Å². The summed E-state index contributed by atoms with van der Waals surface area (Å²) in [4.78, 5) is 20.1. The Morgan fingerprint density at radius 1 is 1.00 bits per heavy atom. The van der Waals surface area contributed by atoms with Crippen LogP contribution in [0.15, 0.2) is 54.9 Å². The lowest BCUT2D eigenvalue weighted by Gasteiger charge is -2.44. The van der Waals surface area contributed by atoms with E-state index in [1.807, 2.05) is 44.8 Å². The standard InChI is InChI=1S/C33H41F3N8O/c1-22-16-41(32(45)29-21-44(33(3,4)5)38-31(29)28-11-10-26(35)15-30(28)36)17-23(2)43(22)20-27-19-42(39-37-27)13-12-40(6)18-24-8-7-9-25(34)14-24/h7-11,14-15,19,21-23H,12-13,16-18,20H2,1-6H3/t22-,23+. The molecule has 0 aliphatic carbocycles. The van der Waals surface area contributed by atoms with E-state index >= 15 is 0 Å². The van der Waals surface area contributed by atoms with Crippen molar-refractivity contribution in [1.82, 2.24) is 39.5 Å². The number of carbonyl (C=O) groups excluding carboxylic acids is 1. The van der Waals surface area contributed by atoms with Crippen molar-refractivity contribution in [2.24, 2.45) is 0 Å². The molecule has 1 amide bonds. The van der Waals surface area contributed by atoms with Gasteiger partial charge in [-0.1, -0.05) is 17.3 Å². The van der Waals surface area contributed by atoms with Crippen molar-refractivity contribution in [3.05, 3.63) is 89.1 Å². The van der Waals surface area contributed by atoms with E-state index in [1.54, 1.807) is 27.9 Å². The maximum Gasteiger partial charge on any atom is 0.257 e. The third-order valence-corrected chi connectivity index (χ3v) is 8.19. The number of rotatable bonds is 9. The molecule has 4 aromatic rings. The van der Waals surface area contributed by atoms with Gasteiger partial charge in [0.2, 0.25) is 0 Å². The molecule has 2 aromatic heterocycles. The third-order valence-electron chi connectivity index (χ3n) is 8.19. The monoisotopic (exact) mass is 622 g/mol. The predicted octanol–water partition coefficient (Wildman–Crippen LogP) is 5.18. The molecule has 0 spiro atoms. The van der Waals surface area contributed by atoms with Crippen molar-refractivity contribution >= 4 is 5.91 Å². The molecule has 3 heterocycles. The average molecular weight is 623 g/mol. The van der Waals surface area contributed by atoms with Crippen molar-refractivity contribution in [3.8, 4) is 11.3 Å². The largest absolute Gasteiger partial charge is 0.335 e. The number of halogens is 3. The summed E-state index contributed by atoms with van der Waals surface area (Å²) >= 11 is 0. The minimum Gasteiger partial charge on any atom is -0.335 e. The Labute approximate surface area is 262 Å². The fourth-order valence-electron chi connectivity index (χ4n) is 5.77. The van der Waals surface area contributed by atoms with Gasteiger partial charge in [0.25, 0.3) is 5.91 Å². The summed E-state index contributed by atoms with van der Waals surface area (Å²) < 4.78 is 45.5. The Kier molecular flexibility index (Phi) is 9.45. The van der Waals surface area contributed by atoms with Gasteiger partial charge in [-0.25, -0.2) is 13.2 Å². The van der Waals surface area contributed by atoms with Crippen LogP contribution in [0.3, 0.4) is 0 Å². The Morgan fingerprint density at radius 3 is 2.38 bits per heavy atom. The first-order chi connectivity index (χ1) is 21.3. The molecular formula is C33H41F3N8O. The molecule has 240 valence electrons. The van der Waals surface area contributed by atoms with Gasteiger partial charge in [0, 0.05) is 68.8 Å². The number of amides is 1. The van der Waals surface area contributed by atoms with Gasteiger partial charge in [0.05, 0.1) is 23.3 Å². The number of aromatic nitrogens is 5. The van der Waals surface area contributed by atoms with Crippen LogP contribution < -0.4 is 0 Å². The quantitative estimate of drug-likeness (QED) is 0.256. The Morgan fingerprint density at radius 2 is 1.71 bits per heavy atom. The second kappa shape index (κ2) is 13.1. The zero-order valence-electron chi connectivity index (χ0n) is 26.7. The highest BCUT2D eigenvalue weighted by atomic mass is 19.1. The molecule has 1 fully saturated rings. The highest BCUT2D eigenvalue weighted by Gasteiger charge is 2.35. The second-order valence-corrected chi connectivity index (χ2v) is 13.1. The molecule has 9 nitrogen and oxygen atoms in total. The molecule has 0 saturated carbocycles. The van der Waals surface area contributed by atoms with Crippen LogP contribution in [0.5, 0.6) is 0 Å². The molecule has 45 heavy (non-hydrogen) atoms. The van der Waals surface area contributed by atoms with Crippen molar-refractivity contribution in [2.75, 3.05) is 26.7 Å². The summed E-state index contributed by atoms with van der Waals surface area (Å²) in [5.74, 6) is -1.93. The molecule has 2 atom stereocenters. The van der Waals surface area contributed by atoms with Gasteiger partial charge in [-0.05, 0) is 71.5 Å². The highest BCUT2D eigenvalue weighted by Crippen LogP contribution is 2.30. The van der Waals surface area contributed by atoms with E-state index < -0.39 is 17.2 Å². The first-order valence-corrected chi connectivity index (χ1v) is 15.2. The smallest absolute Gasteiger partial charge is 0.257 e. The van der Waals surface area contributed by atoms with Gasteiger partial charge in [0.15, 0.2) is 0 Å². The van der Waals surface area contributed by atoms with Crippen LogP contribution >= 0.6 is 0 Å². The molecule has 5 rings (SSSR count). The lowest BCUT2D eigenvalue weighted by Crippen LogP contribution is -2.57. The summed E-state index contributed by atoms with van der Waals surface area (Å²) in [5.41, 5.74) is 1.88. The fraction of sp³-hybridized carbons (Fsp3) is 0.455. The first-order valence-electron chi connectivity index (χ1n) is 15.2. The molecular weight excluding hydrogens is 581 g/mol. The highest BCUT2D eigenvalue weighted by molar-refractivity contribution is 6.00. The van der Waals surface area contributed by atoms with Crippen LogP contribution in [0.4, 0.5) is 13.2 Å². The molecule has 2 aromatic carbocycles. The zero-order valence-corrected chi connectivity index (χ0v) is 26.7. The maximum absolute atomic E-state index is 14.9. The molecule has 12 heteroatoms. The number of hydrogen-bond acceptors (Lipinski definition) is 6. The number of likely N-dealkylation sites (N-methyl/N-ethyl adjacent to an activating group) is 1. The SMILES string of the molecule is C[C@@H]1CN(C(=O)c2cn(C(C)(C)C)nc2-c2ccc(F)cc2F)C[C@H](C)N1Cc1cn(CCN(C)Cc2cccc(F)c2)nn1. The minimum atomic E-state index is -0.763. The summed E-state index contributed by atoms with van der Waals surface area (Å²) in [6.45, 7) is 13.5. The average Bonchev–Trinajstić information content (AvgIpc) is 3.61. The van der Waals surface area contributed by atoms with Crippen LogP contribution in [-0.2, 0) is 25.2 Å². The second-order valence-electron chi connectivity index (χ2n) is 13.1. The van der Waals surface area contributed by atoms with Crippen LogP contribution in [0.25, 0.3) is 11.3 Å². The maximum atomic E-state index is 14.9. The number of nitrogens with zero attached hydrogens (tertiary/aromatic N) is 8. The van der Waals surface area contributed by atoms with Crippen LogP contribution in [0, 0.1) is 17.5 Å². The van der Waals surface area contributed by atoms with Crippen molar-refractivity contribution in [1.29, 1.82) is 0 Å². The van der Waals surface area contributed by atoms with Crippen LogP contribution in [-0.4, -0.2) is 84.1 Å². The minimum absolute atomic E-state index is 0.0175. The molecule has 0 radical (unpaired) electrons. The molecule has 1 aliphatic heterocycles. The number of benzene rings is 2. The predicted molar refractivity (Wildman–Crippen MR) is 166 cm³/mol. The van der Waals surface area contributed by atoms with Gasteiger partial charge < -0.3 is 9.80 Å². The first kappa shape index (κ1) is 32.4. The fourth-order valence-corrected chi connectivity index (χ4v) is 5.77.